The molecule has 1 unspecified atom stereocenters. The predicted molar refractivity (Wildman–Crippen MR) is 116 cm³/mol. The summed E-state index contributed by atoms with van der Waals surface area (Å²) in [6, 6.07) is 12.4. The van der Waals surface area contributed by atoms with Gasteiger partial charge in [-0.05, 0) is 34.7 Å². The Bertz CT molecular complexity index is 1100. The van der Waals surface area contributed by atoms with E-state index in [1.165, 1.54) is 11.6 Å². The van der Waals surface area contributed by atoms with E-state index < -0.39 is 6.04 Å². The molecule has 0 saturated heterocycles. The third kappa shape index (κ3) is 3.36. The van der Waals surface area contributed by atoms with Gasteiger partial charge in [-0.1, -0.05) is 56.6 Å². The Morgan fingerprint density at radius 3 is 2.50 bits per heavy atom. The van der Waals surface area contributed by atoms with E-state index in [9.17, 15) is 15.0 Å². The lowest BCUT2D eigenvalue weighted by Crippen LogP contribution is -2.32. The number of aliphatic hydroxyl groups is 1. The van der Waals surface area contributed by atoms with Crippen LogP contribution in [0.25, 0.3) is 11.3 Å². The number of aromatic nitrogens is 2. The number of phenolic OH excluding ortho intramolecular Hbond substituents is 1. The van der Waals surface area contributed by atoms with Gasteiger partial charge in [0, 0.05) is 22.7 Å². The molecule has 2 aromatic carbocycles. The van der Waals surface area contributed by atoms with Crippen LogP contribution in [0.1, 0.15) is 54.0 Å². The first kappa shape index (κ1) is 20.4. The van der Waals surface area contributed by atoms with Crippen LogP contribution < -0.4 is 0 Å². The maximum Gasteiger partial charge on any atom is 0.273 e. The first-order valence-electron chi connectivity index (χ1n) is 9.81. The van der Waals surface area contributed by atoms with E-state index in [0.717, 1.165) is 5.56 Å². The van der Waals surface area contributed by atoms with Gasteiger partial charge in [0.25, 0.3) is 5.91 Å². The molecule has 0 saturated carbocycles. The quantitative estimate of drug-likeness (QED) is 0.582. The lowest BCUT2D eigenvalue weighted by atomic mass is 9.85. The molecule has 1 aromatic heterocycles. The van der Waals surface area contributed by atoms with E-state index in [-0.39, 0.29) is 30.2 Å². The fourth-order valence-corrected chi connectivity index (χ4v) is 4.12. The number of rotatable bonds is 4. The number of H-pyrrole nitrogens is 1. The van der Waals surface area contributed by atoms with E-state index in [2.05, 4.69) is 43.1 Å². The summed E-state index contributed by atoms with van der Waals surface area (Å²) in [5.41, 5.74) is 4.07. The van der Waals surface area contributed by atoms with Crippen molar-refractivity contribution in [2.45, 2.75) is 32.2 Å². The SMILES string of the molecule is CC(C)(C)c1ccc(C2c3c(-c4cc(Cl)ccc4O)n[nH]c3C(=O)N2CCO)cc1. The number of benzene rings is 2. The van der Waals surface area contributed by atoms with Gasteiger partial charge in [0.15, 0.2) is 0 Å². The van der Waals surface area contributed by atoms with Crippen LogP contribution in [0.5, 0.6) is 5.75 Å². The predicted octanol–water partition coefficient (Wildman–Crippen LogP) is 4.27. The summed E-state index contributed by atoms with van der Waals surface area (Å²) in [6.45, 7) is 6.47. The molecule has 0 radical (unpaired) electrons. The second kappa shape index (κ2) is 7.45. The number of fused-ring (bicyclic) bond motifs is 1. The highest BCUT2D eigenvalue weighted by Gasteiger charge is 2.42. The van der Waals surface area contributed by atoms with Crippen LogP contribution >= 0.6 is 11.6 Å². The largest absolute Gasteiger partial charge is 0.507 e. The number of aromatic amines is 1. The van der Waals surface area contributed by atoms with Crippen molar-refractivity contribution < 1.29 is 15.0 Å². The molecule has 3 N–H and O–H groups in total. The molecule has 1 aliphatic rings. The van der Waals surface area contributed by atoms with Gasteiger partial charge in [-0.15, -0.1) is 0 Å². The number of nitrogens with one attached hydrogen (secondary N) is 1. The molecule has 156 valence electrons. The van der Waals surface area contributed by atoms with E-state index >= 15 is 0 Å². The minimum absolute atomic E-state index is 0.00729. The number of β-amino-alcohol motifs (C(OH)–C–C–N with tert-alkyl or cyclic N) is 1. The number of amides is 1. The molecule has 4 rings (SSSR count). The Hall–Kier alpha value is -2.83. The zero-order valence-electron chi connectivity index (χ0n) is 17.1. The molecule has 1 atom stereocenters. The molecule has 3 aromatic rings. The molecule has 7 heteroatoms. The zero-order valence-corrected chi connectivity index (χ0v) is 17.9. The van der Waals surface area contributed by atoms with Gasteiger partial charge >= 0.3 is 0 Å². The summed E-state index contributed by atoms with van der Waals surface area (Å²) in [5, 5.41) is 27.6. The second-order valence-corrected chi connectivity index (χ2v) is 8.96. The highest BCUT2D eigenvalue weighted by molar-refractivity contribution is 6.31. The third-order valence-electron chi connectivity index (χ3n) is 5.51. The lowest BCUT2D eigenvalue weighted by Gasteiger charge is -2.27. The van der Waals surface area contributed by atoms with Crippen LogP contribution in [-0.2, 0) is 5.41 Å². The summed E-state index contributed by atoms with van der Waals surface area (Å²) < 4.78 is 0. The van der Waals surface area contributed by atoms with E-state index in [4.69, 9.17) is 11.6 Å². The van der Waals surface area contributed by atoms with Crippen LogP contribution in [0, 0.1) is 0 Å². The highest BCUT2D eigenvalue weighted by atomic mass is 35.5. The molecule has 2 heterocycles. The third-order valence-corrected chi connectivity index (χ3v) is 5.75. The lowest BCUT2D eigenvalue weighted by molar-refractivity contribution is 0.0706. The van der Waals surface area contributed by atoms with Crippen molar-refractivity contribution in [3.63, 3.8) is 0 Å². The van der Waals surface area contributed by atoms with Gasteiger partial charge in [-0.2, -0.15) is 5.10 Å². The summed E-state index contributed by atoms with van der Waals surface area (Å²) in [5.74, 6) is -0.201. The number of carbonyl (C=O) groups excluding carboxylic acids is 1. The Morgan fingerprint density at radius 2 is 1.87 bits per heavy atom. The fourth-order valence-electron chi connectivity index (χ4n) is 3.95. The van der Waals surface area contributed by atoms with Crippen molar-refractivity contribution in [1.29, 1.82) is 0 Å². The summed E-state index contributed by atoms with van der Waals surface area (Å²) >= 11 is 6.15. The first-order chi connectivity index (χ1) is 14.2. The number of aliphatic hydroxyl groups excluding tert-OH is 1. The number of aromatic hydroxyl groups is 1. The van der Waals surface area contributed by atoms with Crippen molar-refractivity contribution in [1.82, 2.24) is 15.1 Å². The monoisotopic (exact) mass is 425 g/mol. The van der Waals surface area contributed by atoms with E-state index in [1.807, 2.05) is 12.1 Å². The van der Waals surface area contributed by atoms with Gasteiger partial charge in [0.1, 0.15) is 17.1 Å². The van der Waals surface area contributed by atoms with Crippen molar-refractivity contribution in [2.75, 3.05) is 13.2 Å². The minimum atomic E-state index is -0.430. The minimum Gasteiger partial charge on any atom is -0.507 e. The van der Waals surface area contributed by atoms with Crippen molar-refractivity contribution in [3.8, 4) is 17.0 Å². The topological polar surface area (TPSA) is 89.5 Å². The van der Waals surface area contributed by atoms with Crippen molar-refractivity contribution in [3.05, 3.63) is 69.9 Å². The zero-order chi connectivity index (χ0) is 21.6. The summed E-state index contributed by atoms with van der Waals surface area (Å²) in [7, 11) is 0. The average Bonchev–Trinajstić information content (AvgIpc) is 3.23. The van der Waals surface area contributed by atoms with Crippen LogP contribution in [0.15, 0.2) is 42.5 Å². The summed E-state index contributed by atoms with van der Waals surface area (Å²) in [6.07, 6.45) is 0. The van der Waals surface area contributed by atoms with E-state index in [1.54, 1.807) is 17.0 Å². The molecule has 0 bridgehead atoms. The Balaban J connectivity index is 1.88. The highest BCUT2D eigenvalue weighted by Crippen LogP contribution is 2.45. The van der Waals surface area contributed by atoms with E-state index in [0.29, 0.717) is 27.5 Å². The van der Waals surface area contributed by atoms with Crippen LogP contribution in [0.4, 0.5) is 0 Å². The maximum atomic E-state index is 13.0. The Morgan fingerprint density at radius 1 is 1.17 bits per heavy atom. The molecular weight excluding hydrogens is 402 g/mol. The van der Waals surface area contributed by atoms with Gasteiger partial charge < -0.3 is 15.1 Å². The Labute approximate surface area is 180 Å². The molecule has 1 aliphatic heterocycles. The van der Waals surface area contributed by atoms with Gasteiger partial charge in [-0.25, -0.2) is 0 Å². The fraction of sp³-hybridized carbons (Fsp3) is 0.304. The first-order valence-corrected chi connectivity index (χ1v) is 10.2. The molecule has 30 heavy (non-hydrogen) atoms. The number of halogens is 1. The van der Waals surface area contributed by atoms with Gasteiger partial charge in [0.05, 0.1) is 12.6 Å². The number of nitrogens with zero attached hydrogens (tertiary/aromatic N) is 2. The molecular formula is C23H24ClN3O3. The maximum absolute atomic E-state index is 13.0. The molecule has 0 spiro atoms. The van der Waals surface area contributed by atoms with Crippen molar-refractivity contribution in [2.24, 2.45) is 0 Å². The molecule has 6 nitrogen and oxygen atoms in total. The molecule has 1 amide bonds. The van der Waals surface area contributed by atoms with Crippen LogP contribution in [0.3, 0.4) is 0 Å². The second-order valence-electron chi connectivity index (χ2n) is 8.52. The Kier molecular flexibility index (Phi) is 5.08. The normalized spacial score (nSPS) is 16.2. The van der Waals surface area contributed by atoms with Crippen LogP contribution in [0.2, 0.25) is 5.02 Å². The van der Waals surface area contributed by atoms with Crippen LogP contribution in [-0.4, -0.2) is 44.4 Å². The smallest absolute Gasteiger partial charge is 0.273 e. The van der Waals surface area contributed by atoms with Gasteiger partial charge in [0.2, 0.25) is 0 Å². The summed E-state index contributed by atoms with van der Waals surface area (Å²) in [4.78, 5) is 14.7. The molecule has 0 aliphatic carbocycles. The number of hydrogen-bond donors (Lipinski definition) is 3. The average molecular weight is 426 g/mol. The number of hydrogen-bond acceptors (Lipinski definition) is 4. The van der Waals surface area contributed by atoms with Gasteiger partial charge in [-0.3, -0.25) is 9.89 Å². The standard InChI is InChI=1S/C23H24ClN3O3/c1-23(2,3)14-6-4-13(5-7-14)21-18-19(16-12-15(24)8-9-17(16)29)25-26-20(18)22(30)27(21)10-11-28/h4-9,12,21,28-29H,10-11H2,1-3H3,(H,25,26). The molecule has 0 fully saturated rings. The van der Waals surface area contributed by atoms with Crippen molar-refractivity contribution >= 4 is 17.5 Å². The number of phenols is 1. The number of carbonyl (C=O) groups is 1.